The van der Waals surface area contributed by atoms with Crippen LogP contribution in [0.25, 0.3) is 0 Å². The third-order valence-corrected chi connectivity index (χ3v) is 6.00. The number of anilines is 2. The summed E-state index contributed by atoms with van der Waals surface area (Å²) >= 11 is 1.33. The van der Waals surface area contributed by atoms with Crippen LogP contribution in [0.3, 0.4) is 0 Å². The van der Waals surface area contributed by atoms with Gasteiger partial charge in [-0.2, -0.15) is 0 Å². The van der Waals surface area contributed by atoms with E-state index in [1.165, 1.54) is 11.3 Å². The van der Waals surface area contributed by atoms with E-state index in [1.807, 2.05) is 24.3 Å². The number of furan rings is 1. The maximum atomic E-state index is 13.3. The van der Waals surface area contributed by atoms with Gasteiger partial charge in [0.25, 0.3) is 5.91 Å². The van der Waals surface area contributed by atoms with Crippen LogP contribution in [-0.4, -0.2) is 66.6 Å². The van der Waals surface area contributed by atoms with E-state index in [9.17, 15) is 9.59 Å². The lowest BCUT2D eigenvalue weighted by molar-refractivity contribution is -0.135. The second-order valence-electron chi connectivity index (χ2n) is 7.41. The zero-order valence-electron chi connectivity index (χ0n) is 18.4. The summed E-state index contributed by atoms with van der Waals surface area (Å²) in [6, 6.07) is 11.1. The number of methoxy groups -OCH3 is 1. The number of carbonyl (C=O) groups excluding carboxylic acids is 2. The van der Waals surface area contributed by atoms with Crippen molar-refractivity contribution in [2.24, 2.45) is 0 Å². The Morgan fingerprint density at radius 1 is 1.21 bits per heavy atom. The van der Waals surface area contributed by atoms with E-state index < -0.39 is 0 Å². The van der Waals surface area contributed by atoms with Crippen LogP contribution in [0.1, 0.15) is 22.7 Å². The molecule has 4 rings (SSSR count). The van der Waals surface area contributed by atoms with E-state index in [0.29, 0.717) is 48.6 Å². The molecule has 3 aromatic rings. The van der Waals surface area contributed by atoms with Crippen molar-refractivity contribution in [3.63, 3.8) is 0 Å². The van der Waals surface area contributed by atoms with Gasteiger partial charge in [-0.05, 0) is 24.3 Å². The van der Waals surface area contributed by atoms with Gasteiger partial charge in [0.1, 0.15) is 17.2 Å². The minimum absolute atomic E-state index is 0.00681. The summed E-state index contributed by atoms with van der Waals surface area (Å²) in [6.07, 6.45) is 1.79. The number of hydrogen-bond donors (Lipinski definition) is 1. The molecule has 0 unspecified atom stereocenters. The maximum absolute atomic E-state index is 13.3. The summed E-state index contributed by atoms with van der Waals surface area (Å²) in [5.41, 5.74) is 1.07. The van der Waals surface area contributed by atoms with Crippen LogP contribution in [0.4, 0.5) is 10.8 Å². The highest BCUT2D eigenvalue weighted by atomic mass is 32.1. The zero-order valence-corrected chi connectivity index (χ0v) is 19.2. The van der Waals surface area contributed by atoms with Gasteiger partial charge in [0.15, 0.2) is 5.13 Å². The molecule has 0 aliphatic carbocycles. The largest absolute Gasteiger partial charge is 0.495 e. The van der Waals surface area contributed by atoms with Crippen molar-refractivity contribution < 1.29 is 23.5 Å². The van der Waals surface area contributed by atoms with Crippen LogP contribution in [0.5, 0.6) is 5.75 Å². The number of amides is 2. The molecule has 3 heterocycles. The zero-order chi connectivity index (χ0) is 23.0. The summed E-state index contributed by atoms with van der Waals surface area (Å²) in [5, 5.41) is 5.48. The van der Waals surface area contributed by atoms with Crippen molar-refractivity contribution >= 4 is 34.0 Å². The fraction of sp³-hybridized carbons (Fsp3) is 0.348. The van der Waals surface area contributed by atoms with Gasteiger partial charge >= 0.3 is 0 Å². The predicted octanol–water partition coefficient (Wildman–Crippen LogP) is 3.38. The Balaban J connectivity index is 1.44. The molecule has 9 nitrogen and oxygen atoms in total. The molecule has 0 atom stereocenters. The lowest BCUT2D eigenvalue weighted by Crippen LogP contribution is -2.42. The summed E-state index contributed by atoms with van der Waals surface area (Å²) in [4.78, 5) is 33.7. The lowest BCUT2D eigenvalue weighted by atomic mass is 10.2. The van der Waals surface area contributed by atoms with Crippen LogP contribution >= 0.6 is 11.3 Å². The maximum Gasteiger partial charge on any atom is 0.273 e. The first-order valence-electron chi connectivity index (χ1n) is 10.7. The van der Waals surface area contributed by atoms with Crippen molar-refractivity contribution in [2.75, 3.05) is 45.3 Å². The highest BCUT2D eigenvalue weighted by Crippen LogP contribution is 2.29. The van der Waals surface area contributed by atoms with Gasteiger partial charge in [-0.25, -0.2) is 4.98 Å². The van der Waals surface area contributed by atoms with Crippen molar-refractivity contribution in [1.29, 1.82) is 0 Å². The topological polar surface area (TPSA) is 97.1 Å². The standard InChI is InChI=1S/C23H26N4O5S/c1-30-20-7-3-2-6-18(20)24-23-25-19(16-33-23)22(29)27(15-17-5-4-12-32-17)9-8-21(28)26-10-13-31-14-11-26/h2-7,12,16H,8-11,13-15H2,1H3,(H,24,25). The average Bonchev–Trinajstić information content (AvgIpc) is 3.54. The number of thiazole rings is 1. The number of nitrogens with one attached hydrogen (secondary N) is 1. The van der Waals surface area contributed by atoms with Gasteiger partial charge in [0.2, 0.25) is 5.91 Å². The Bertz CT molecular complexity index is 1060. The molecule has 10 heteroatoms. The Morgan fingerprint density at radius 3 is 2.79 bits per heavy atom. The van der Waals surface area contributed by atoms with E-state index in [0.717, 1.165) is 5.69 Å². The third-order valence-electron chi connectivity index (χ3n) is 5.25. The minimum atomic E-state index is -0.259. The molecule has 0 saturated carbocycles. The van der Waals surface area contributed by atoms with Crippen LogP contribution in [0.15, 0.2) is 52.5 Å². The molecule has 174 valence electrons. The SMILES string of the molecule is COc1ccccc1Nc1nc(C(=O)N(CCC(=O)N2CCOCC2)Cc2ccco2)cs1. The predicted molar refractivity (Wildman–Crippen MR) is 124 cm³/mol. The molecular weight excluding hydrogens is 444 g/mol. The summed E-state index contributed by atoms with van der Waals surface area (Å²) < 4.78 is 16.1. The van der Waals surface area contributed by atoms with Crippen LogP contribution < -0.4 is 10.1 Å². The molecule has 1 aromatic carbocycles. The van der Waals surface area contributed by atoms with E-state index >= 15 is 0 Å². The molecular formula is C23H26N4O5S. The number of carbonyl (C=O) groups is 2. The number of nitrogens with zero attached hydrogens (tertiary/aromatic N) is 3. The molecule has 2 aromatic heterocycles. The molecule has 1 aliphatic heterocycles. The summed E-state index contributed by atoms with van der Waals surface area (Å²) in [7, 11) is 1.60. The van der Waals surface area contributed by atoms with Gasteiger partial charge < -0.3 is 29.0 Å². The number of morpholine rings is 1. The molecule has 33 heavy (non-hydrogen) atoms. The number of ether oxygens (including phenoxy) is 2. The molecule has 1 aliphatic rings. The van der Waals surface area contributed by atoms with Crippen LogP contribution in [0, 0.1) is 0 Å². The first-order chi connectivity index (χ1) is 16.1. The first kappa shape index (κ1) is 22.8. The number of para-hydroxylation sites is 2. The van der Waals surface area contributed by atoms with Crippen molar-refractivity contribution in [3.8, 4) is 5.75 Å². The normalized spacial score (nSPS) is 13.5. The average molecular weight is 471 g/mol. The number of hydrogen-bond acceptors (Lipinski definition) is 8. The molecule has 2 amide bonds. The third kappa shape index (κ3) is 5.91. The van der Waals surface area contributed by atoms with Gasteiger partial charge in [-0.1, -0.05) is 12.1 Å². The smallest absolute Gasteiger partial charge is 0.273 e. The van der Waals surface area contributed by atoms with E-state index in [-0.39, 0.29) is 31.3 Å². The Hall–Kier alpha value is -3.37. The second kappa shape index (κ2) is 11.0. The molecule has 1 fully saturated rings. The van der Waals surface area contributed by atoms with Gasteiger partial charge in [0, 0.05) is 31.4 Å². The van der Waals surface area contributed by atoms with Crippen molar-refractivity contribution in [1.82, 2.24) is 14.8 Å². The van der Waals surface area contributed by atoms with E-state index in [1.54, 1.807) is 40.7 Å². The van der Waals surface area contributed by atoms with Gasteiger partial charge in [-0.15, -0.1) is 11.3 Å². The fourth-order valence-electron chi connectivity index (χ4n) is 3.50. The Morgan fingerprint density at radius 2 is 2.03 bits per heavy atom. The first-order valence-corrected chi connectivity index (χ1v) is 11.5. The van der Waals surface area contributed by atoms with Gasteiger partial charge in [0.05, 0.1) is 38.8 Å². The number of aromatic nitrogens is 1. The molecule has 0 spiro atoms. The minimum Gasteiger partial charge on any atom is -0.495 e. The number of rotatable bonds is 9. The van der Waals surface area contributed by atoms with Crippen LogP contribution in [0.2, 0.25) is 0 Å². The molecule has 0 radical (unpaired) electrons. The lowest BCUT2D eigenvalue weighted by Gasteiger charge is -2.28. The second-order valence-corrected chi connectivity index (χ2v) is 8.27. The Kier molecular flexibility index (Phi) is 7.59. The fourth-order valence-corrected chi connectivity index (χ4v) is 4.20. The summed E-state index contributed by atoms with van der Waals surface area (Å²) in [6.45, 7) is 2.77. The van der Waals surface area contributed by atoms with E-state index in [2.05, 4.69) is 10.3 Å². The Labute approximate surface area is 195 Å². The molecule has 1 saturated heterocycles. The van der Waals surface area contributed by atoms with Crippen molar-refractivity contribution in [3.05, 3.63) is 59.5 Å². The van der Waals surface area contributed by atoms with Gasteiger partial charge in [-0.3, -0.25) is 9.59 Å². The quantitative estimate of drug-likeness (QED) is 0.512. The highest BCUT2D eigenvalue weighted by Gasteiger charge is 2.23. The monoisotopic (exact) mass is 470 g/mol. The van der Waals surface area contributed by atoms with E-state index in [4.69, 9.17) is 13.9 Å². The number of benzene rings is 1. The van der Waals surface area contributed by atoms with Crippen LogP contribution in [-0.2, 0) is 16.1 Å². The molecule has 1 N–H and O–H groups in total. The molecule has 0 bridgehead atoms. The highest BCUT2D eigenvalue weighted by molar-refractivity contribution is 7.14. The van der Waals surface area contributed by atoms with Crippen molar-refractivity contribution in [2.45, 2.75) is 13.0 Å². The summed E-state index contributed by atoms with van der Waals surface area (Å²) in [5.74, 6) is 1.07.